The zero-order valence-corrected chi connectivity index (χ0v) is 16.6. The average molecular weight is 377 g/mol. The molecular formula is C20H27NO6. The molecule has 0 saturated carbocycles. The summed E-state index contributed by atoms with van der Waals surface area (Å²) in [7, 11) is 0. The summed E-state index contributed by atoms with van der Waals surface area (Å²) in [4.78, 5) is 13.0. The predicted molar refractivity (Wildman–Crippen MR) is 97.1 cm³/mol. The van der Waals surface area contributed by atoms with Crippen LogP contribution in [0, 0.1) is 13.8 Å². The van der Waals surface area contributed by atoms with Crippen LogP contribution in [-0.2, 0) is 28.5 Å². The number of amides is 1. The molecule has 3 aliphatic rings. The van der Waals surface area contributed by atoms with E-state index in [1.807, 2.05) is 59.7 Å². The van der Waals surface area contributed by atoms with Crippen molar-refractivity contribution in [3.05, 3.63) is 29.3 Å². The standard InChI is InChI=1S/C20H27NO6/c1-10-7-8-12(11(2)9-10)21-17(22)15-13-14(25-19(3,4)24-13)16-18(23-15)27-20(5,6)26-16/h7-9,13-16,18H,1-6H3,(H,21,22)/t13-,14+,15-,16-,18-/m1/s1. The van der Waals surface area contributed by atoms with Gasteiger partial charge in [0, 0.05) is 5.69 Å². The number of rotatable bonds is 2. The molecule has 0 radical (unpaired) electrons. The molecular weight excluding hydrogens is 350 g/mol. The fourth-order valence-corrected chi connectivity index (χ4v) is 3.98. The van der Waals surface area contributed by atoms with Gasteiger partial charge in [0.1, 0.15) is 18.3 Å². The first kappa shape index (κ1) is 18.8. The first-order valence-electron chi connectivity index (χ1n) is 9.29. The molecule has 5 atom stereocenters. The van der Waals surface area contributed by atoms with Gasteiger partial charge in [0.2, 0.25) is 0 Å². The number of ether oxygens (including phenoxy) is 5. The second kappa shape index (κ2) is 6.25. The Hall–Kier alpha value is -1.51. The maximum Gasteiger partial charge on any atom is 0.256 e. The molecule has 1 amide bonds. The molecule has 7 heteroatoms. The first-order valence-corrected chi connectivity index (χ1v) is 9.29. The largest absolute Gasteiger partial charge is 0.342 e. The minimum atomic E-state index is -0.865. The minimum Gasteiger partial charge on any atom is -0.342 e. The highest BCUT2D eigenvalue weighted by Crippen LogP contribution is 2.44. The number of anilines is 1. The van der Waals surface area contributed by atoms with Crippen LogP contribution in [0.1, 0.15) is 38.8 Å². The Balaban J connectivity index is 1.59. The van der Waals surface area contributed by atoms with Gasteiger partial charge in [-0.05, 0) is 53.2 Å². The van der Waals surface area contributed by atoms with Crippen LogP contribution in [0.3, 0.4) is 0 Å². The molecule has 3 aliphatic heterocycles. The van der Waals surface area contributed by atoms with Crippen molar-refractivity contribution in [3.8, 4) is 0 Å². The van der Waals surface area contributed by atoms with Crippen LogP contribution in [0.25, 0.3) is 0 Å². The molecule has 3 saturated heterocycles. The summed E-state index contributed by atoms with van der Waals surface area (Å²) < 4.78 is 29.8. The quantitative estimate of drug-likeness (QED) is 0.854. The topological polar surface area (TPSA) is 75.3 Å². The van der Waals surface area contributed by atoms with Crippen molar-refractivity contribution in [1.29, 1.82) is 0 Å². The zero-order valence-electron chi connectivity index (χ0n) is 16.6. The lowest BCUT2D eigenvalue weighted by Crippen LogP contribution is -2.58. The van der Waals surface area contributed by atoms with Gasteiger partial charge in [0.05, 0.1) is 0 Å². The van der Waals surface area contributed by atoms with Crippen molar-refractivity contribution >= 4 is 11.6 Å². The summed E-state index contributed by atoms with van der Waals surface area (Å²) in [5.74, 6) is -1.93. The monoisotopic (exact) mass is 377 g/mol. The fraction of sp³-hybridized carbons (Fsp3) is 0.650. The third kappa shape index (κ3) is 3.50. The Bertz CT molecular complexity index is 761. The average Bonchev–Trinajstić information content (AvgIpc) is 3.03. The fourth-order valence-electron chi connectivity index (χ4n) is 3.98. The van der Waals surface area contributed by atoms with E-state index in [1.165, 1.54) is 0 Å². The maximum atomic E-state index is 13.0. The van der Waals surface area contributed by atoms with Crippen LogP contribution in [-0.4, -0.2) is 48.2 Å². The van der Waals surface area contributed by atoms with E-state index < -0.39 is 42.3 Å². The SMILES string of the molecule is Cc1ccc(NC(=O)[C@@H]2O[C@@H]3OC(C)(C)O[C@@H]3[C@H]3OC(C)(C)O[C@H]32)c(C)c1. The van der Waals surface area contributed by atoms with Gasteiger partial charge < -0.3 is 29.0 Å². The Morgan fingerprint density at radius 2 is 1.56 bits per heavy atom. The van der Waals surface area contributed by atoms with Crippen LogP contribution in [0.4, 0.5) is 5.69 Å². The van der Waals surface area contributed by atoms with E-state index in [0.29, 0.717) is 0 Å². The molecule has 3 fully saturated rings. The normalized spacial score (nSPS) is 36.1. The summed E-state index contributed by atoms with van der Waals surface area (Å²) in [5, 5.41) is 2.95. The molecule has 0 bridgehead atoms. The summed E-state index contributed by atoms with van der Waals surface area (Å²) in [6.45, 7) is 11.2. The number of aryl methyl sites for hydroxylation is 2. The van der Waals surface area contributed by atoms with Crippen LogP contribution in [0.15, 0.2) is 18.2 Å². The van der Waals surface area contributed by atoms with Crippen molar-refractivity contribution in [2.24, 2.45) is 0 Å². The number of carbonyl (C=O) groups excluding carboxylic acids is 1. The number of carbonyl (C=O) groups is 1. The van der Waals surface area contributed by atoms with Crippen molar-refractivity contribution in [2.75, 3.05) is 5.32 Å². The van der Waals surface area contributed by atoms with Gasteiger partial charge in [0.25, 0.3) is 5.91 Å². The Kier molecular flexibility index (Phi) is 4.36. The van der Waals surface area contributed by atoms with Crippen LogP contribution >= 0.6 is 0 Å². The third-order valence-corrected chi connectivity index (χ3v) is 5.05. The van der Waals surface area contributed by atoms with E-state index in [4.69, 9.17) is 23.7 Å². The van der Waals surface area contributed by atoms with Gasteiger partial charge in [-0.1, -0.05) is 17.7 Å². The van der Waals surface area contributed by atoms with E-state index in [-0.39, 0.29) is 5.91 Å². The lowest BCUT2D eigenvalue weighted by atomic mass is 9.98. The number of hydrogen-bond donors (Lipinski definition) is 1. The molecule has 3 heterocycles. The highest BCUT2D eigenvalue weighted by Gasteiger charge is 2.62. The van der Waals surface area contributed by atoms with E-state index in [2.05, 4.69) is 5.32 Å². The molecule has 0 aliphatic carbocycles. The van der Waals surface area contributed by atoms with Crippen LogP contribution in [0.5, 0.6) is 0 Å². The van der Waals surface area contributed by atoms with E-state index in [9.17, 15) is 4.79 Å². The lowest BCUT2D eigenvalue weighted by molar-refractivity contribution is -0.229. The number of nitrogens with one attached hydrogen (secondary N) is 1. The first-order chi connectivity index (χ1) is 12.5. The molecule has 0 aromatic heterocycles. The minimum absolute atomic E-state index is 0.287. The molecule has 27 heavy (non-hydrogen) atoms. The van der Waals surface area contributed by atoms with Gasteiger partial charge >= 0.3 is 0 Å². The molecule has 1 N–H and O–H groups in total. The van der Waals surface area contributed by atoms with Gasteiger partial charge in [-0.2, -0.15) is 0 Å². The summed E-state index contributed by atoms with van der Waals surface area (Å²) >= 11 is 0. The van der Waals surface area contributed by atoms with E-state index in [1.54, 1.807) is 0 Å². The van der Waals surface area contributed by atoms with Gasteiger partial charge in [-0.25, -0.2) is 0 Å². The van der Waals surface area contributed by atoms with Crippen molar-refractivity contribution in [1.82, 2.24) is 0 Å². The molecule has 0 unspecified atom stereocenters. The number of fused-ring (bicyclic) bond motifs is 3. The number of hydrogen-bond acceptors (Lipinski definition) is 6. The smallest absolute Gasteiger partial charge is 0.256 e. The zero-order chi connectivity index (χ0) is 19.6. The highest BCUT2D eigenvalue weighted by atomic mass is 16.9. The molecule has 1 aromatic rings. The summed E-state index contributed by atoms with van der Waals surface area (Å²) in [6.07, 6.45) is -3.03. The highest BCUT2D eigenvalue weighted by molar-refractivity contribution is 5.95. The lowest BCUT2D eigenvalue weighted by Gasteiger charge is -2.36. The molecule has 1 aromatic carbocycles. The van der Waals surface area contributed by atoms with Crippen molar-refractivity contribution < 1.29 is 28.5 Å². The van der Waals surface area contributed by atoms with Gasteiger partial charge in [0.15, 0.2) is 24.0 Å². The molecule has 7 nitrogen and oxygen atoms in total. The third-order valence-electron chi connectivity index (χ3n) is 5.05. The Morgan fingerprint density at radius 3 is 2.26 bits per heavy atom. The predicted octanol–water partition coefficient (Wildman–Crippen LogP) is 2.64. The van der Waals surface area contributed by atoms with Crippen molar-refractivity contribution in [2.45, 2.75) is 83.8 Å². The Morgan fingerprint density at radius 1 is 0.926 bits per heavy atom. The second-order valence-corrected chi connectivity index (χ2v) is 8.40. The Labute approximate surface area is 159 Å². The van der Waals surface area contributed by atoms with Crippen LogP contribution < -0.4 is 5.32 Å². The van der Waals surface area contributed by atoms with Crippen molar-refractivity contribution in [3.63, 3.8) is 0 Å². The molecule has 0 spiro atoms. The van der Waals surface area contributed by atoms with Gasteiger partial charge in [-0.15, -0.1) is 0 Å². The summed E-state index contributed by atoms with van der Waals surface area (Å²) in [6, 6.07) is 5.86. The maximum absolute atomic E-state index is 13.0. The molecule has 4 rings (SSSR count). The van der Waals surface area contributed by atoms with E-state index in [0.717, 1.165) is 16.8 Å². The van der Waals surface area contributed by atoms with Gasteiger partial charge in [-0.3, -0.25) is 4.79 Å². The second-order valence-electron chi connectivity index (χ2n) is 8.40. The van der Waals surface area contributed by atoms with E-state index >= 15 is 0 Å². The number of benzene rings is 1. The molecule has 148 valence electrons. The van der Waals surface area contributed by atoms with Crippen LogP contribution in [0.2, 0.25) is 0 Å². The summed E-state index contributed by atoms with van der Waals surface area (Å²) in [5.41, 5.74) is 2.87.